The SMILES string of the molecule is COc1ccc(S(=O)(=O)N(C)CC(=O)Nc2ccc(Br)cc2F)cc1OC. The minimum absolute atomic E-state index is 0.0416. The molecule has 0 aromatic heterocycles. The molecule has 0 heterocycles. The van der Waals surface area contributed by atoms with Gasteiger partial charge in [-0.3, -0.25) is 4.79 Å². The van der Waals surface area contributed by atoms with E-state index in [-0.39, 0.29) is 16.3 Å². The number of sulfonamides is 1. The van der Waals surface area contributed by atoms with Gasteiger partial charge in [0.15, 0.2) is 11.5 Å². The molecule has 27 heavy (non-hydrogen) atoms. The van der Waals surface area contributed by atoms with Crippen LogP contribution in [0.3, 0.4) is 0 Å². The zero-order valence-corrected chi connectivity index (χ0v) is 17.2. The van der Waals surface area contributed by atoms with Crippen LogP contribution >= 0.6 is 15.9 Å². The zero-order chi connectivity index (χ0) is 20.2. The Morgan fingerprint density at radius 3 is 2.41 bits per heavy atom. The first kappa shape index (κ1) is 21.1. The van der Waals surface area contributed by atoms with Crippen molar-refractivity contribution in [1.29, 1.82) is 0 Å². The van der Waals surface area contributed by atoms with E-state index in [0.29, 0.717) is 10.2 Å². The number of hydrogen-bond donors (Lipinski definition) is 1. The summed E-state index contributed by atoms with van der Waals surface area (Å²) in [5.41, 5.74) is -0.0416. The van der Waals surface area contributed by atoms with Gasteiger partial charge in [0.2, 0.25) is 15.9 Å². The molecule has 0 bridgehead atoms. The van der Waals surface area contributed by atoms with Crippen LogP contribution in [0.4, 0.5) is 10.1 Å². The smallest absolute Gasteiger partial charge is 0.243 e. The largest absolute Gasteiger partial charge is 0.493 e. The predicted molar refractivity (Wildman–Crippen MR) is 102 cm³/mol. The first-order valence-corrected chi connectivity index (χ1v) is 9.85. The zero-order valence-electron chi connectivity index (χ0n) is 14.8. The molecule has 146 valence electrons. The molecule has 0 unspecified atom stereocenters. The minimum atomic E-state index is -3.97. The summed E-state index contributed by atoms with van der Waals surface area (Å²) >= 11 is 3.12. The van der Waals surface area contributed by atoms with Gasteiger partial charge in [0.1, 0.15) is 5.82 Å². The van der Waals surface area contributed by atoms with Crippen molar-refractivity contribution < 1.29 is 27.1 Å². The summed E-state index contributed by atoms with van der Waals surface area (Å²) < 4.78 is 50.7. The van der Waals surface area contributed by atoms with E-state index in [2.05, 4.69) is 21.2 Å². The van der Waals surface area contributed by atoms with Crippen molar-refractivity contribution in [3.05, 3.63) is 46.7 Å². The molecular formula is C17H18BrFN2O5S. The maximum Gasteiger partial charge on any atom is 0.243 e. The predicted octanol–water partition coefficient (Wildman–Crippen LogP) is 2.86. The molecule has 0 radical (unpaired) electrons. The lowest BCUT2D eigenvalue weighted by Crippen LogP contribution is -2.35. The fourth-order valence-corrected chi connectivity index (χ4v) is 3.70. The average molecular weight is 461 g/mol. The maximum absolute atomic E-state index is 13.8. The van der Waals surface area contributed by atoms with Crippen molar-refractivity contribution >= 4 is 37.5 Å². The highest BCUT2D eigenvalue weighted by atomic mass is 79.9. The second kappa shape index (κ2) is 8.68. The third kappa shape index (κ3) is 4.96. The van der Waals surface area contributed by atoms with E-state index in [1.54, 1.807) is 6.07 Å². The van der Waals surface area contributed by atoms with Gasteiger partial charge < -0.3 is 14.8 Å². The summed E-state index contributed by atoms with van der Waals surface area (Å²) in [6, 6.07) is 8.23. The number of methoxy groups -OCH3 is 2. The van der Waals surface area contributed by atoms with E-state index < -0.39 is 28.3 Å². The highest BCUT2D eigenvalue weighted by molar-refractivity contribution is 9.10. The topological polar surface area (TPSA) is 84.9 Å². The van der Waals surface area contributed by atoms with Crippen LogP contribution in [0.2, 0.25) is 0 Å². The molecule has 10 heteroatoms. The number of likely N-dealkylation sites (N-methyl/N-ethyl adjacent to an activating group) is 1. The van der Waals surface area contributed by atoms with Crippen LogP contribution in [-0.4, -0.2) is 46.4 Å². The summed E-state index contributed by atoms with van der Waals surface area (Å²) in [6.45, 7) is -0.494. The van der Waals surface area contributed by atoms with Crippen molar-refractivity contribution in [3.8, 4) is 11.5 Å². The number of rotatable bonds is 7. The van der Waals surface area contributed by atoms with E-state index >= 15 is 0 Å². The van der Waals surface area contributed by atoms with E-state index in [4.69, 9.17) is 9.47 Å². The average Bonchev–Trinajstić information content (AvgIpc) is 2.63. The lowest BCUT2D eigenvalue weighted by molar-refractivity contribution is -0.116. The maximum atomic E-state index is 13.8. The number of hydrogen-bond acceptors (Lipinski definition) is 5. The Morgan fingerprint density at radius 2 is 1.81 bits per heavy atom. The lowest BCUT2D eigenvalue weighted by atomic mass is 10.3. The first-order chi connectivity index (χ1) is 12.7. The number of halogens is 2. The molecule has 0 aliphatic carbocycles. The van der Waals surface area contributed by atoms with E-state index in [0.717, 1.165) is 4.31 Å². The Bertz CT molecular complexity index is 952. The van der Waals surface area contributed by atoms with Crippen molar-refractivity contribution in [1.82, 2.24) is 4.31 Å². The molecule has 0 aliphatic heterocycles. The number of carbonyl (C=O) groups is 1. The van der Waals surface area contributed by atoms with Crippen LogP contribution in [0.15, 0.2) is 45.8 Å². The van der Waals surface area contributed by atoms with Gasteiger partial charge in [0.25, 0.3) is 0 Å². The molecule has 0 spiro atoms. The summed E-state index contributed by atoms with van der Waals surface area (Å²) in [7, 11) is 0.110. The van der Waals surface area contributed by atoms with Gasteiger partial charge in [-0.15, -0.1) is 0 Å². The van der Waals surface area contributed by atoms with Gasteiger partial charge in [-0.2, -0.15) is 4.31 Å². The van der Waals surface area contributed by atoms with Crippen LogP contribution in [0, 0.1) is 5.82 Å². The number of anilines is 1. The van der Waals surface area contributed by atoms with Crippen molar-refractivity contribution in [2.24, 2.45) is 0 Å². The van der Waals surface area contributed by atoms with Gasteiger partial charge in [0, 0.05) is 17.6 Å². The second-order valence-corrected chi connectivity index (χ2v) is 8.41. The molecule has 0 saturated carbocycles. The van der Waals surface area contributed by atoms with E-state index in [9.17, 15) is 17.6 Å². The van der Waals surface area contributed by atoms with Crippen LogP contribution in [-0.2, 0) is 14.8 Å². The lowest BCUT2D eigenvalue weighted by Gasteiger charge is -2.18. The fraction of sp³-hybridized carbons (Fsp3) is 0.235. The normalized spacial score (nSPS) is 11.3. The molecule has 2 aromatic carbocycles. The van der Waals surface area contributed by atoms with Crippen LogP contribution in [0.1, 0.15) is 0 Å². The Kier molecular flexibility index (Phi) is 6.79. The molecule has 0 atom stereocenters. The molecule has 7 nitrogen and oxygen atoms in total. The molecule has 1 amide bonds. The molecule has 2 aromatic rings. The minimum Gasteiger partial charge on any atom is -0.493 e. The second-order valence-electron chi connectivity index (χ2n) is 5.45. The summed E-state index contributed by atoms with van der Waals surface area (Å²) in [5, 5.41) is 2.35. The Hall–Kier alpha value is -2.17. The van der Waals surface area contributed by atoms with Crippen molar-refractivity contribution in [2.45, 2.75) is 4.90 Å². The van der Waals surface area contributed by atoms with Gasteiger partial charge in [-0.1, -0.05) is 15.9 Å². The molecule has 0 aliphatic rings. The van der Waals surface area contributed by atoms with Gasteiger partial charge in [-0.25, -0.2) is 12.8 Å². The van der Waals surface area contributed by atoms with Gasteiger partial charge in [-0.05, 0) is 30.3 Å². The summed E-state index contributed by atoms with van der Waals surface area (Å²) in [5.74, 6) is -0.693. The molecule has 1 N–H and O–H groups in total. The van der Waals surface area contributed by atoms with Crippen LogP contribution in [0.5, 0.6) is 11.5 Å². The number of carbonyl (C=O) groups excluding carboxylic acids is 1. The number of nitrogens with zero attached hydrogens (tertiary/aromatic N) is 1. The monoisotopic (exact) mass is 460 g/mol. The van der Waals surface area contributed by atoms with Crippen LogP contribution in [0.25, 0.3) is 0 Å². The van der Waals surface area contributed by atoms with Crippen LogP contribution < -0.4 is 14.8 Å². The summed E-state index contributed by atoms with van der Waals surface area (Å²) in [4.78, 5) is 12.1. The Balaban J connectivity index is 2.16. The number of nitrogens with one attached hydrogen (secondary N) is 1. The standard InChI is InChI=1S/C17H18BrFN2O5S/c1-21(10-17(22)20-14-6-4-11(18)8-13(14)19)27(23,24)12-5-7-15(25-2)16(9-12)26-3/h4-9H,10H2,1-3H3,(H,20,22). The number of amides is 1. The third-order valence-corrected chi connectivity index (χ3v) is 5.93. The highest BCUT2D eigenvalue weighted by Crippen LogP contribution is 2.30. The molecule has 0 fully saturated rings. The first-order valence-electron chi connectivity index (χ1n) is 7.62. The van der Waals surface area contributed by atoms with Crippen molar-refractivity contribution in [2.75, 3.05) is 33.1 Å². The van der Waals surface area contributed by atoms with E-state index in [1.807, 2.05) is 0 Å². The van der Waals surface area contributed by atoms with Crippen molar-refractivity contribution in [3.63, 3.8) is 0 Å². The van der Waals surface area contributed by atoms with Gasteiger partial charge in [0.05, 0.1) is 31.3 Å². The molecule has 0 saturated heterocycles. The molecule has 2 rings (SSSR count). The van der Waals surface area contributed by atoms with Gasteiger partial charge >= 0.3 is 0 Å². The van der Waals surface area contributed by atoms with E-state index in [1.165, 1.54) is 51.6 Å². The fourth-order valence-electron chi connectivity index (χ4n) is 2.22. The quantitative estimate of drug-likeness (QED) is 0.686. The summed E-state index contributed by atoms with van der Waals surface area (Å²) in [6.07, 6.45) is 0. The third-order valence-electron chi connectivity index (χ3n) is 3.63. The molecular weight excluding hydrogens is 443 g/mol. The Morgan fingerprint density at radius 1 is 1.15 bits per heavy atom. The number of ether oxygens (including phenoxy) is 2. The number of benzene rings is 2. The Labute approximate surface area is 165 Å². The highest BCUT2D eigenvalue weighted by Gasteiger charge is 2.24.